The molecule has 1 aliphatic heterocycles. The van der Waals surface area contributed by atoms with Gasteiger partial charge in [0, 0.05) is 18.8 Å². The first kappa shape index (κ1) is 14.4. The molecule has 0 N–H and O–H groups in total. The van der Waals surface area contributed by atoms with E-state index in [-0.39, 0.29) is 0 Å². The molecule has 0 atom stereocenters. The average Bonchev–Trinajstić information content (AvgIpc) is 2.98. The van der Waals surface area contributed by atoms with Crippen molar-refractivity contribution >= 4 is 5.82 Å². The Morgan fingerprint density at radius 1 is 0.789 bits per heavy atom. The van der Waals surface area contributed by atoms with Gasteiger partial charge in [0.15, 0.2) is 0 Å². The van der Waals surface area contributed by atoms with Gasteiger partial charge >= 0.3 is 0 Å². The molecule has 1 aliphatic rings. The molecule has 0 radical (unpaired) electrons. The summed E-state index contributed by atoms with van der Waals surface area (Å²) >= 11 is 0. The molecule has 2 heteroatoms. The number of rotatable bonds is 5. The molecule has 1 fully saturated rings. The summed E-state index contributed by atoms with van der Waals surface area (Å²) < 4.78 is 0. The topological polar surface area (TPSA) is 16.1 Å². The van der Waals surface area contributed by atoms with Crippen LogP contribution in [0.4, 0.5) is 5.82 Å². The van der Waals surface area contributed by atoms with E-state index in [0.29, 0.717) is 0 Å². The average molecular weight is 260 g/mol. The second kappa shape index (κ2) is 6.40. The van der Waals surface area contributed by atoms with Crippen molar-refractivity contribution in [1.82, 2.24) is 4.98 Å². The molecule has 0 saturated carbocycles. The van der Waals surface area contributed by atoms with E-state index in [0.717, 1.165) is 25.7 Å². The molecule has 0 aromatic carbocycles. The summed E-state index contributed by atoms with van der Waals surface area (Å²) in [6.45, 7) is 11.5. The predicted molar refractivity (Wildman–Crippen MR) is 83.2 cm³/mol. The standard InChI is InChI=1S/C17H28N2/c1-5-13-14(6-2)16(8-4)18-17(15(13)7-3)19-11-9-10-12-19/h5-12H2,1-4H3. The van der Waals surface area contributed by atoms with Crippen LogP contribution < -0.4 is 4.90 Å². The predicted octanol–water partition coefficient (Wildman–Crippen LogP) is 3.93. The molecule has 1 aromatic rings. The van der Waals surface area contributed by atoms with Crippen molar-refractivity contribution in [3.8, 4) is 0 Å². The fourth-order valence-electron chi connectivity index (χ4n) is 3.45. The van der Waals surface area contributed by atoms with Crippen molar-refractivity contribution in [2.45, 2.75) is 66.2 Å². The summed E-state index contributed by atoms with van der Waals surface area (Å²) in [5, 5.41) is 0. The Bertz CT molecular complexity index is 431. The summed E-state index contributed by atoms with van der Waals surface area (Å²) in [6.07, 6.45) is 7.07. The molecule has 0 unspecified atom stereocenters. The Labute approximate surface area is 118 Å². The molecule has 2 nitrogen and oxygen atoms in total. The summed E-state index contributed by atoms with van der Waals surface area (Å²) in [5.74, 6) is 1.30. The zero-order valence-electron chi connectivity index (χ0n) is 13.1. The second-order valence-electron chi connectivity index (χ2n) is 5.43. The van der Waals surface area contributed by atoms with Crippen molar-refractivity contribution in [2.24, 2.45) is 0 Å². The van der Waals surface area contributed by atoms with Gasteiger partial charge < -0.3 is 4.90 Å². The van der Waals surface area contributed by atoms with Crippen molar-refractivity contribution in [3.63, 3.8) is 0 Å². The third kappa shape index (κ3) is 2.63. The van der Waals surface area contributed by atoms with Crippen LogP contribution in [0.1, 0.15) is 62.9 Å². The Kier molecular flexibility index (Phi) is 4.84. The normalized spacial score (nSPS) is 15.3. The monoisotopic (exact) mass is 260 g/mol. The number of nitrogens with zero attached hydrogens (tertiary/aromatic N) is 2. The molecule has 2 rings (SSSR count). The van der Waals surface area contributed by atoms with Crippen LogP contribution >= 0.6 is 0 Å². The molecule has 1 saturated heterocycles. The summed E-state index contributed by atoms with van der Waals surface area (Å²) in [4.78, 5) is 7.56. The van der Waals surface area contributed by atoms with Gasteiger partial charge in [0.1, 0.15) is 5.82 Å². The second-order valence-corrected chi connectivity index (χ2v) is 5.43. The number of aryl methyl sites for hydroxylation is 1. The maximum absolute atomic E-state index is 5.05. The Balaban J connectivity index is 2.58. The fourth-order valence-corrected chi connectivity index (χ4v) is 3.45. The molecule has 0 amide bonds. The van der Waals surface area contributed by atoms with Gasteiger partial charge in [-0.25, -0.2) is 4.98 Å². The minimum Gasteiger partial charge on any atom is -0.356 e. The highest BCUT2D eigenvalue weighted by molar-refractivity contribution is 5.56. The first-order valence-electron chi connectivity index (χ1n) is 8.05. The van der Waals surface area contributed by atoms with Crippen molar-refractivity contribution in [2.75, 3.05) is 18.0 Å². The molecule has 1 aromatic heterocycles. The van der Waals surface area contributed by atoms with Crippen LogP contribution in [-0.4, -0.2) is 18.1 Å². The maximum atomic E-state index is 5.05. The summed E-state index contributed by atoms with van der Waals surface area (Å²) in [6, 6.07) is 0. The van der Waals surface area contributed by atoms with E-state index in [1.165, 1.54) is 48.6 Å². The molecule has 0 aliphatic carbocycles. The first-order valence-corrected chi connectivity index (χ1v) is 8.05. The van der Waals surface area contributed by atoms with E-state index in [2.05, 4.69) is 32.6 Å². The van der Waals surface area contributed by atoms with E-state index in [1.54, 1.807) is 5.56 Å². The van der Waals surface area contributed by atoms with E-state index < -0.39 is 0 Å². The Hall–Kier alpha value is -1.05. The van der Waals surface area contributed by atoms with Gasteiger partial charge in [0.05, 0.1) is 0 Å². The molecule has 106 valence electrons. The molecule has 0 spiro atoms. The molecule has 19 heavy (non-hydrogen) atoms. The van der Waals surface area contributed by atoms with Gasteiger partial charge in [-0.3, -0.25) is 0 Å². The van der Waals surface area contributed by atoms with Gasteiger partial charge in [0.25, 0.3) is 0 Å². The van der Waals surface area contributed by atoms with Crippen molar-refractivity contribution < 1.29 is 0 Å². The number of hydrogen-bond donors (Lipinski definition) is 0. The van der Waals surface area contributed by atoms with Crippen LogP contribution in [0, 0.1) is 0 Å². The van der Waals surface area contributed by atoms with Crippen LogP contribution in [-0.2, 0) is 25.7 Å². The summed E-state index contributed by atoms with van der Waals surface area (Å²) in [5.41, 5.74) is 5.94. The molecular formula is C17H28N2. The zero-order chi connectivity index (χ0) is 13.8. The van der Waals surface area contributed by atoms with Gasteiger partial charge in [-0.05, 0) is 55.2 Å². The van der Waals surface area contributed by atoms with Crippen molar-refractivity contribution in [1.29, 1.82) is 0 Å². The Morgan fingerprint density at radius 2 is 1.37 bits per heavy atom. The fraction of sp³-hybridized carbons (Fsp3) is 0.706. The third-order valence-electron chi connectivity index (χ3n) is 4.39. The minimum atomic E-state index is 1.06. The van der Waals surface area contributed by atoms with E-state index in [4.69, 9.17) is 4.98 Å². The largest absolute Gasteiger partial charge is 0.356 e. The van der Waals surface area contributed by atoms with Gasteiger partial charge in [-0.15, -0.1) is 0 Å². The van der Waals surface area contributed by atoms with Crippen LogP contribution in [0.3, 0.4) is 0 Å². The Morgan fingerprint density at radius 3 is 1.84 bits per heavy atom. The molecular weight excluding hydrogens is 232 g/mol. The lowest BCUT2D eigenvalue weighted by atomic mass is 9.93. The van der Waals surface area contributed by atoms with Crippen LogP contribution in [0.15, 0.2) is 0 Å². The smallest absolute Gasteiger partial charge is 0.132 e. The summed E-state index contributed by atoms with van der Waals surface area (Å²) in [7, 11) is 0. The zero-order valence-corrected chi connectivity index (χ0v) is 13.1. The lowest BCUT2D eigenvalue weighted by Crippen LogP contribution is -2.23. The maximum Gasteiger partial charge on any atom is 0.132 e. The van der Waals surface area contributed by atoms with Crippen molar-refractivity contribution in [3.05, 3.63) is 22.4 Å². The number of aromatic nitrogens is 1. The lowest BCUT2D eigenvalue weighted by molar-refractivity contribution is 0.847. The first-order chi connectivity index (χ1) is 9.26. The number of hydrogen-bond acceptors (Lipinski definition) is 2. The van der Waals surface area contributed by atoms with Crippen LogP contribution in [0.2, 0.25) is 0 Å². The highest BCUT2D eigenvalue weighted by atomic mass is 15.2. The van der Waals surface area contributed by atoms with Crippen LogP contribution in [0.5, 0.6) is 0 Å². The molecule has 2 heterocycles. The highest BCUT2D eigenvalue weighted by Crippen LogP contribution is 2.30. The van der Waals surface area contributed by atoms with Gasteiger partial charge in [-0.2, -0.15) is 0 Å². The minimum absolute atomic E-state index is 1.06. The van der Waals surface area contributed by atoms with E-state index in [1.807, 2.05) is 0 Å². The van der Waals surface area contributed by atoms with E-state index in [9.17, 15) is 0 Å². The quantitative estimate of drug-likeness (QED) is 0.797. The van der Waals surface area contributed by atoms with E-state index >= 15 is 0 Å². The number of anilines is 1. The highest BCUT2D eigenvalue weighted by Gasteiger charge is 2.21. The van der Waals surface area contributed by atoms with Gasteiger partial charge in [-0.1, -0.05) is 27.7 Å². The number of pyridine rings is 1. The third-order valence-corrected chi connectivity index (χ3v) is 4.39. The lowest BCUT2D eigenvalue weighted by Gasteiger charge is -2.25. The molecule has 0 bridgehead atoms. The van der Waals surface area contributed by atoms with Crippen LogP contribution in [0.25, 0.3) is 0 Å². The van der Waals surface area contributed by atoms with Gasteiger partial charge in [0.2, 0.25) is 0 Å². The SMILES string of the molecule is CCc1nc(N2CCCC2)c(CC)c(CC)c1CC.